The van der Waals surface area contributed by atoms with Crippen molar-refractivity contribution in [3.63, 3.8) is 0 Å². The summed E-state index contributed by atoms with van der Waals surface area (Å²) in [7, 11) is -3.81. The Kier molecular flexibility index (Phi) is 6.52. The lowest BCUT2D eigenvalue weighted by atomic mass is 9.95. The van der Waals surface area contributed by atoms with Crippen LogP contribution in [0.15, 0.2) is 59.5 Å². The Hall–Kier alpha value is -2.22. The van der Waals surface area contributed by atoms with Gasteiger partial charge in [0.1, 0.15) is 0 Å². The van der Waals surface area contributed by atoms with Crippen LogP contribution in [0.1, 0.15) is 32.4 Å². The van der Waals surface area contributed by atoms with E-state index in [9.17, 15) is 13.2 Å². The third-order valence-corrected chi connectivity index (χ3v) is 4.99. The van der Waals surface area contributed by atoms with Crippen LogP contribution in [0.2, 0.25) is 0 Å². The normalized spacial score (nSPS) is 14.0. The highest BCUT2D eigenvalue weighted by atomic mass is 32.2. The number of nitrogens with one attached hydrogen (secondary N) is 2. The number of benzene rings is 2. The molecule has 0 spiro atoms. The second-order valence-electron chi connectivity index (χ2n) is 6.58. The molecule has 0 fully saturated rings. The predicted molar refractivity (Wildman–Crippen MR) is 103 cm³/mol. The molecule has 2 aromatic carbocycles. The Balaban J connectivity index is 2.09. The van der Waals surface area contributed by atoms with Gasteiger partial charge < -0.3 is 5.32 Å². The summed E-state index contributed by atoms with van der Waals surface area (Å²) in [6, 6.07) is 15.4. The maximum Gasteiger partial charge on any atom is 0.241 e. The Morgan fingerprint density at radius 1 is 1.00 bits per heavy atom. The molecule has 4 N–H and O–H groups in total. The second kappa shape index (κ2) is 8.44. The van der Waals surface area contributed by atoms with Crippen molar-refractivity contribution in [2.75, 3.05) is 5.32 Å². The van der Waals surface area contributed by atoms with Crippen molar-refractivity contribution in [3.05, 3.63) is 60.2 Å². The third kappa shape index (κ3) is 5.39. The highest BCUT2D eigenvalue weighted by Gasteiger charge is 2.22. The molecule has 2 aromatic rings. The van der Waals surface area contributed by atoms with Crippen LogP contribution in [0.4, 0.5) is 5.69 Å². The smallest absolute Gasteiger partial charge is 0.241 e. The van der Waals surface area contributed by atoms with Crippen molar-refractivity contribution >= 4 is 21.6 Å². The van der Waals surface area contributed by atoms with E-state index < -0.39 is 16.1 Å². The van der Waals surface area contributed by atoms with Crippen molar-refractivity contribution in [2.45, 2.75) is 37.8 Å². The molecule has 0 aromatic heterocycles. The number of amides is 1. The average Bonchev–Trinajstić information content (AvgIpc) is 2.59. The fourth-order valence-corrected chi connectivity index (χ4v) is 3.24. The molecule has 1 amide bonds. The minimum atomic E-state index is -3.81. The van der Waals surface area contributed by atoms with Crippen LogP contribution in [-0.4, -0.2) is 20.4 Å². The average molecular weight is 375 g/mol. The maximum absolute atomic E-state index is 12.5. The topological polar surface area (TPSA) is 101 Å². The largest absolute Gasteiger partial charge is 0.325 e. The van der Waals surface area contributed by atoms with Gasteiger partial charge in [-0.1, -0.05) is 50.2 Å². The van der Waals surface area contributed by atoms with Gasteiger partial charge in [-0.3, -0.25) is 10.1 Å². The number of hydrogen-bond acceptors (Lipinski definition) is 4. The molecule has 0 saturated carbocycles. The number of carbonyl (C=O) groups excluding carboxylic acids is 1. The number of hydrogen-bond donors (Lipinski definition) is 3. The van der Waals surface area contributed by atoms with Gasteiger partial charge in [-0.05, 0) is 36.6 Å². The van der Waals surface area contributed by atoms with E-state index in [-0.39, 0.29) is 16.8 Å². The van der Waals surface area contributed by atoms with Crippen molar-refractivity contribution in [3.8, 4) is 0 Å². The van der Waals surface area contributed by atoms with E-state index in [0.717, 1.165) is 5.56 Å². The third-order valence-electron chi connectivity index (χ3n) is 4.08. The Morgan fingerprint density at radius 2 is 1.65 bits per heavy atom. The van der Waals surface area contributed by atoms with E-state index in [0.29, 0.717) is 11.6 Å². The summed E-state index contributed by atoms with van der Waals surface area (Å²) in [6.07, 6.45) is 0. The van der Waals surface area contributed by atoms with Crippen LogP contribution in [0.3, 0.4) is 0 Å². The van der Waals surface area contributed by atoms with Crippen LogP contribution in [0.5, 0.6) is 0 Å². The van der Waals surface area contributed by atoms with E-state index in [1.54, 1.807) is 13.0 Å². The molecule has 0 aliphatic carbocycles. The number of primary sulfonamides is 1. The summed E-state index contributed by atoms with van der Waals surface area (Å²) in [4.78, 5) is 12.5. The van der Waals surface area contributed by atoms with Crippen molar-refractivity contribution < 1.29 is 13.2 Å². The van der Waals surface area contributed by atoms with E-state index in [1.165, 1.54) is 18.2 Å². The molecule has 0 radical (unpaired) electrons. The second-order valence-corrected chi connectivity index (χ2v) is 8.14. The standard InChI is InChI=1S/C19H25N3O3S/c1-13(2)18(15-8-5-4-6-9-15)21-14(3)19(23)22-16-10-7-11-17(12-16)26(20,24)25/h4-14,18,21H,1-3H3,(H,22,23)(H2,20,24,25)/t14-,18+/m0/s1. The lowest BCUT2D eigenvalue weighted by molar-refractivity contribution is -0.118. The highest BCUT2D eigenvalue weighted by Crippen LogP contribution is 2.22. The summed E-state index contributed by atoms with van der Waals surface area (Å²) >= 11 is 0. The van der Waals surface area contributed by atoms with Crippen molar-refractivity contribution in [1.29, 1.82) is 0 Å². The first-order chi connectivity index (χ1) is 12.2. The molecule has 0 unspecified atom stereocenters. The molecule has 0 heterocycles. The molecule has 26 heavy (non-hydrogen) atoms. The lowest BCUT2D eigenvalue weighted by Crippen LogP contribution is -2.41. The van der Waals surface area contributed by atoms with Gasteiger partial charge in [-0.2, -0.15) is 0 Å². The van der Waals surface area contributed by atoms with Crippen molar-refractivity contribution in [1.82, 2.24) is 5.32 Å². The molecule has 2 atom stereocenters. The predicted octanol–water partition coefficient (Wildman–Crippen LogP) is 2.65. The number of rotatable bonds is 7. The van der Waals surface area contributed by atoms with E-state index in [4.69, 9.17) is 5.14 Å². The number of carbonyl (C=O) groups is 1. The van der Waals surface area contributed by atoms with Crippen molar-refractivity contribution in [2.24, 2.45) is 11.1 Å². The molecule has 7 heteroatoms. The molecule has 6 nitrogen and oxygen atoms in total. The molecule has 140 valence electrons. The summed E-state index contributed by atoms with van der Waals surface area (Å²) in [6.45, 7) is 5.95. The van der Waals surface area contributed by atoms with Crippen LogP contribution in [0, 0.1) is 5.92 Å². The first-order valence-electron chi connectivity index (χ1n) is 8.43. The van der Waals surface area contributed by atoms with Gasteiger partial charge in [0.25, 0.3) is 0 Å². The zero-order chi connectivity index (χ0) is 19.3. The number of anilines is 1. The summed E-state index contributed by atoms with van der Waals surface area (Å²) in [5.41, 5.74) is 1.49. The van der Waals surface area contributed by atoms with Gasteiger partial charge in [-0.15, -0.1) is 0 Å². The molecule has 0 saturated heterocycles. The van der Waals surface area contributed by atoms with Crippen LogP contribution in [0.25, 0.3) is 0 Å². The molecular weight excluding hydrogens is 350 g/mol. The van der Waals surface area contributed by atoms with Gasteiger partial charge in [0.15, 0.2) is 0 Å². The molecule has 2 rings (SSSR count). The zero-order valence-electron chi connectivity index (χ0n) is 15.1. The van der Waals surface area contributed by atoms with E-state index in [2.05, 4.69) is 24.5 Å². The van der Waals surface area contributed by atoms with Gasteiger partial charge in [0, 0.05) is 11.7 Å². The summed E-state index contributed by atoms with van der Waals surface area (Å²) in [5.74, 6) is 0.0384. The fourth-order valence-electron chi connectivity index (χ4n) is 2.68. The molecule has 0 aliphatic rings. The molecular formula is C19H25N3O3S. The minimum Gasteiger partial charge on any atom is -0.325 e. The van der Waals surface area contributed by atoms with Gasteiger partial charge >= 0.3 is 0 Å². The highest BCUT2D eigenvalue weighted by molar-refractivity contribution is 7.89. The van der Waals surface area contributed by atoms with E-state index >= 15 is 0 Å². The van der Waals surface area contributed by atoms with Crippen LogP contribution < -0.4 is 15.8 Å². The zero-order valence-corrected chi connectivity index (χ0v) is 16.0. The fraction of sp³-hybridized carbons (Fsp3) is 0.316. The Labute approximate surface area is 154 Å². The lowest BCUT2D eigenvalue weighted by Gasteiger charge is -2.26. The number of sulfonamides is 1. The monoisotopic (exact) mass is 375 g/mol. The minimum absolute atomic E-state index is 0.0210. The Bertz CT molecular complexity index is 851. The van der Waals surface area contributed by atoms with Crippen LogP contribution >= 0.6 is 0 Å². The maximum atomic E-state index is 12.5. The number of nitrogens with two attached hydrogens (primary N) is 1. The quantitative estimate of drug-likeness (QED) is 0.692. The molecule has 0 bridgehead atoms. The molecule has 0 aliphatic heterocycles. The van der Waals surface area contributed by atoms with Gasteiger partial charge in [-0.25, -0.2) is 13.6 Å². The Morgan fingerprint density at radius 3 is 2.23 bits per heavy atom. The summed E-state index contributed by atoms with van der Waals surface area (Å²) < 4.78 is 22.9. The van der Waals surface area contributed by atoms with E-state index in [1.807, 2.05) is 30.3 Å². The van der Waals surface area contributed by atoms with Gasteiger partial charge in [0.05, 0.1) is 10.9 Å². The first-order valence-corrected chi connectivity index (χ1v) is 9.98. The van der Waals surface area contributed by atoms with Crippen LogP contribution in [-0.2, 0) is 14.8 Å². The SMILES string of the molecule is CC(C)[C@@H](N[C@@H](C)C(=O)Nc1cccc(S(N)(=O)=O)c1)c1ccccc1. The first kappa shape index (κ1) is 20.1. The summed E-state index contributed by atoms with van der Waals surface area (Å²) in [5, 5.41) is 11.2. The van der Waals surface area contributed by atoms with Gasteiger partial charge in [0.2, 0.25) is 15.9 Å².